The number of nitrogens with zero attached hydrogens (tertiary/aromatic N) is 4. The number of aryl methyl sites for hydroxylation is 2. The van der Waals surface area contributed by atoms with E-state index >= 15 is 0 Å². The first-order valence-corrected chi connectivity index (χ1v) is 11.6. The van der Waals surface area contributed by atoms with Crippen molar-refractivity contribution in [2.45, 2.75) is 46.1 Å². The standard InChI is InChI=1S/C22H36N6S/c1-16-9-12-28(13-10-16)20(21-7-6-14-29-21)15-25-22(23-4)24-11-8-19-17(2)26-27(5)18(19)3/h6-7,14,16,20H,8-13,15H2,1-5H3,(H2,23,24,25). The summed E-state index contributed by atoms with van der Waals surface area (Å²) in [5, 5.41) is 13.7. The number of guanidine groups is 1. The maximum Gasteiger partial charge on any atom is 0.191 e. The van der Waals surface area contributed by atoms with Crippen LogP contribution in [0.25, 0.3) is 0 Å². The molecule has 0 saturated carbocycles. The molecule has 1 atom stereocenters. The van der Waals surface area contributed by atoms with Crippen molar-refractivity contribution < 1.29 is 0 Å². The Morgan fingerprint density at radius 2 is 2.07 bits per heavy atom. The molecule has 160 valence electrons. The van der Waals surface area contributed by atoms with Crippen molar-refractivity contribution in [2.75, 3.05) is 33.2 Å². The van der Waals surface area contributed by atoms with Crippen LogP contribution in [-0.2, 0) is 13.5 Å². The number of aliphatic imine (C=N–C) groups is 1. The Morgan fingerprint density at radius 3 is 2.66 bits per heavy atom. The number of likely N-dealkylation sites (tertiary alicyclic amines) is 1. The quantitative estimate of drug-likeness (QED) is 0.537. The zero-order valence-corrected chi connectivity index (χ0v) is 19.4. The second kappa shape index (κ2) is 10.3. The lowest BCUT2D eigenvalue weighted by Gasteiger charge is -2.36. The van der Waals surface area contributed by atoms with Crippen LogP contribution >= 0.6 is 11.3 Å². The molecule has 7 heteroatoms. The van der Waals surface area contributed by atoms with Crippen molar-refractivity contribution in [1.29, 1.82) is 0 Å². The molecular formula is C22H36N6S. The van der Waals surface area contributed by atoms with E-state index in [1.165, 1.54) is 42.1 Å². The van der Waals surface area contributed by atoms with Crippen LogP contribution in [0.5, 0.6) is 0 Å². The number of nitrogens with one attached hydrogen (secondary N) is 2. The van der Waals surface area contributed by atoms with E-state index in [-0.39, 0.29) is 0 Å². The molecule has 1 unspecified atom stereocenters. The van der Waals surface area contributed by atoms with Crippen molar-refractivity contribution in [3.8, 4) is 0 Å². The minimum absolute atomic E-state index is 0.406. The lowest BCUT2D eigenvalue weighted by atomic mass is 9.97. The third kappa shape index (κ3) is 5.60. The molecule has 2 N–H and O–H groups in total. The summed E-state index contributed by atoms with van der Waals surface area (Å²) in [5.74, 6) is 1.72. The van der Waals surface area contributed by atoms with Crippen LogP contribution in [0.1, 0.15) is 47.6 Å². The van der Waals surface area contributed by atoms with Crippen molar-refractivity contribution >= 4 is 17.3 Å². The smallest absolute Gasteiger partial charge is 0.191 e. The SMILES string of the molecule is CN=C(NCCc1c(C)nn(C)c1C)NCC(c1cccs1)N1CCC(C)CC1. The summed E-state index contributed by atoms with van der Waals surface area (Å²) in [7, 11) is 3.85. The van der Waals surface area contributed by atoms with Gasteiger partial charge < -0.3 is 10.6 Å². The van der Waals surface area contributed by atoms with Gasteiger partial charge in [-0.2, -0.15) is 5.10 Å². The fourth-order valence-corrected chi connectivity index (χ4v) is 4.99. The van der Waals surface area contributed by atoms with E-state index in [4.69, 9.17) is 0 Å². The summed E-state index contributed by atoms with van der Waals surface area (Å²) >= 11 is 1.85. The first kappa shape index (κ1) is 21.8. The first-order valence-electron chi connectivity index (χ1n) is 10.7. The number of hydrogen-bond donors (Lipinski definition) is 2. The van der Waals surface area contributed by atoms with Gasteiger partial charge in [0.2, 0.25) is 0 Å². The molecule has 0 bridgehead atoms. The molecule has 1 aliphatic heterocycles. The fourth-order valence-electron chi connectivity index (χ4n) is 4.13. The number of hydrogen-bond acceptors (Lipinski definition) is 4. The molecule has 1 fully saturated rings. The number of rotatable bonds is 7. The highest BCUT2D eigenvalue weighted by atomic mass is 32.1. The van der Waals surface area contributed by atoms with E-state index in [1.807, 2.05) is 30.1 Å². The van der Waals surface area contributed by atoms with E-state index in [9.17, 15) is 0 Å². The molecular weight excluding hydrogens is 380 g/mol. The highest BCUT2D eigenvalue weighted by Crippen LogP contribution is 2.29. The normalized spacial score (nSPS) is 17.5. The second-order valence-corrected chi connectivity index (χ2v) is 9.13. The van der Waals surface area contributed by atoms with Gasteiger partial charge in [0.25, 0.3) is 0 Å². The van der Waals surface area contributed by atoms with E-state index < -0.39 is 0 Å². The summed E-state index contributed by atoms with van der Waals surface area (Å²) in [4.78, 5) is 8.51. The third-order valence-corrected chi connectivity index (χ3v) is 7.12. The van der Waals surface area contributed by atoms with Gasteiger partial charge in [-0.25, -0.2) is 0 Å². The molecule has 6 nitrogen and oxygen atoms in total. The fraction of sp³-hybridized carbons (Fsp3) is 0.636. The Balaban J connectivity index is 1.54. The second-order valence-electron chi connectivity index (χ2n) is 8.15. The Kier molecular flexibility index (Phi) is 7.72. The van der Waals surface area contributed by atoms with Gasteiger partial charge in [-0.1, -0.05) is 13.0 Å². The molecule has 1 aliphatic rings. The van der Waals surface area contributed by atoms with Crippen LogP contribution in [0.3, 0.4) is 0 Å². The van der Waals surface area contributed by atoms with E-state index in [0.29, 0.717) is 6.04 Å². The average molecular weight is 417 g/mol. The summed E-state index contributed by atoms with van der Waals surface area (Å²) in [6, 6.07) is 4.83. The molecule has 0 aliphatic carbocycles. The number of aromatic nitrogens is 2. The molecule has 1 saturated heterocycles. The van der Waals surface area contributed by atoms with E-state index in [1.54, 1.807) is 0 Å². The Morgan fingerprint density at radius 1 is 1.31 bits per heavy atom. The van der Waals surface area contributed by atoms with Gasteiger partial charge in [0.15, 0.2) is 5.96 Å². The van der Waals surface area contributed by atoms with Gasteiger partial charge in [-0.15, -0.1) is 11.3 Å². The van der Waals surface area contributed by atoms with Crippen molar-refractivity contribution in [3.63, 3.8) is 0 Å². The number of thiophene rings is 1. The van der Waals surface area contributed by atoms with Gasteiger partial charge >= 0.3 is 0 Å². The minimum Gasteiger partial charge on any atom is -0.356 e. The first-order chi connectivity index (χ1) is 14.0. The summed E-state index contributed by atoms with van der Waals surface area (Å²) in [6.07, 6.45) is 3.53. The maximum absolute atomic E-state index is 4.51. The van der Waals surface area contributed by atoms with Gasteiger partial charge in [0.1, 0.15) is 0 Å². The van der Waals surface area contributed by atoms with Gasteiger partial charge in [0, 0.05) is 37.8 Å². The van der Waals surface area contributed by atoms with Crippen LogP contribution in [-0.4, -0.2) is 53.9 Å². The van der Waals surface area contributed by atoms with Gasteiger partial charge in [-0.05, 0) is 69.1 Å². The Hall–Kier alpha value is -1.86. The topological polar surface area (TPSA) is 57.5 Å². The largest absolute Gasteiger partial charge is 0.356 e. The Labute approximate surface area is 179 Å². The van der Waals surface area contributed by atoms with Crippen LogP contribution in [0.15, 0.2) is 22.5 Å². The van der Waals surface area contributed by atoms with Crippen LogP contribution in [0, 0.1) is 19.8 Å². The minimum atomic E-state index is 0.406. The van der Waals surface area contributed by atoms with Crippen LogP contribution < -0.4 is 10.6 Å². The van der Waals surface area contributed by atoms with Crippen LogP contribution in [0.4, 0.5) is 0 Å². The molecule has 0 spiro atoms. The molecule has 3 rings (SSSR count). The predicted octanol–water partition coefficient (Wildman–Crippen LogP) is 3.28. The average Bonchev–Trinajstić information content (AvgIpc) is 3.32. The lowest BCUT2D eigenvalue weighted by molar-refractivity contribution is 0.140. The van der Waals surface area contributed by atoms with E-state index in [0.717, 1.165) is 37.1 Å². The van der Waals surface area contributed by atoms with Crippen molar-refractivity contribution in [2.24, 2.45) is 18.0 Å². The molecule has 0 radical (unpaired) electrons. The van der Waals surface area contributed by atoms with Gasteiger partial charge in [0.05, 0.1) is 11.7 Å². The zero-order valence-electron chi connectivity index (χ0n) is 18.5. The highest BCUT2D eigenvalue weighted by molar-refractivity contribution is 7.10. The van der Waals surface area contributed by atoms with E-state index in [2.05, 4.69) is 63.9 Å². The highest BCUT2D eigenvalue weighted by Gasteiger charge is 2.25. The van der Waals surface area contributed by atoms with Crippen molar-refractivity contribution in [1.82, 2.24) is 25.3 Å². The van der Waals surface area contributed by atoms with Crippen LogP contribution in [0.2, 0.25) is 0 Å². The molecule has 0 amide bonds. The van der Waals surface area contributed by atoms with Crippen molar-refractivity contribution in [3.05, 3.63) is 39.3 Å². The molecule has 2 aromatic heterocycles. The third-order valence-electron chi connectivity index (χ3n) is 6.14. The maximum atomic E-state index is 4.51. The van der Waals surface area contributed by atoms with Gasteiger partial charge in [-0.3, -0.25) is 14.6 Å². The zero-order chi connectivity index (χ0) is 20.8. The molecule has 2 aromatic rings. The molecule has 3 heterocycles. The lowest BCUT2D eigenvalue weighted by Crippen LogP contribution is -2.45. The Bertz CT molecular complexity index is 787. The predicted molar refractivity (Wildman–Crippen MR) is 123 cm³/mol. The number of piperidine rings is 1. The summed E-state index contributed by atoms with van der Waals surface area (Å²) in [6.45, 7) is 10.7. The molecule has 0 aromatic carbocycles. The monoisotopic (exact) mass is 416 g/mol. The molecule has 29 heavy (non-hydrogen) atoms. The summed E-state index contributed by atoms with van der Waals surface area (Å²) < 4.78 is 1.96. The summed E-state index contributed by atoms with van der Waals surface area (Å²) in [5.41, 5.74) is 3.69.